The zero-order chi connectivity index (χ0) is 18.6. The third-order valence-corrected chi connectivity index (χ3v) is 5.03. The average molecular weight is 357 g/mol. The maximum atomic E-state index is 12.4. The first kappa shape index (κ1) is 18.6. The lowest BCUT2D eigenvalue weighted by atomic mass is 9.94. The van der Waals surface area contributed by atoms with E-state index < -0.39 is 5.54 Å². The zero-order valence-electron chi connectivity index (χ0n) is 15.4. The first-order valence-corrected chi connectivity index (χ1v) is 8.96. The van der Waals surface area contributed by atoms with Gasteiger partial charge in [-0.05, 0) is 25.5 Å². The van der Waals surface area contributed by atoms with Crippen LogP contribution in [0.25, 0.3) is 0 Å². The maximum Gasteiger partial charge on any atom is 0.252 e. The SMILES string of the molecule is Cc1cc(C(=O)NC[C@]2(CO)COC[C@@H](C)N2Cc2ccccc2)c[nH]1. The molecule has 6 heteroatoms. The standard InChI is InChI=1S/C20H27N3O3/c1-15-8-18(9-21-15)19(25)22-12-20(13-24)14-26-11-16(2)23(20)10-17-6-4-3-5-7-17/h3-9,16,21,24H,10-14H2,1-2H3,(H,22,25)/t16-,20+/m1/s1. The number of aromatic nitrogens is 1. The molecular weight excluding hydrogens is 330 g/mol. The molecule has 2 atom stereocenters. The molecule has 26 heavy (non-hydrogen) atoms. The van der Waals surface area contributed by atoms with Gasteiger partial charge in [-0.1, -0.05) is 30.3 Å². The number of carbonyl (C=O) groups excluding carboxylic acids is 1. The number of hydrogen-bond donors (Lipinski definition) is 3. The van der Waals surface area contributed by atoms with Crippen molar-refractivity contribution in [3.8, 4) is 0 Å². The molecular formula is C20H27N3O3. The molecule has 6 nitrogen and oxygen atoms in total. The summed E-state index contributed by atoms with van der Waals surface area (Å²) >= 11 is 0. The fourth-order valence-corrected chi connectivity index (χ4v) is 3.49. The van der Waals surface area contributed by atoms with Crippen molar-refractivity contribution in [2.45, 2.75) is 32.0 Å². The predicted octanol–water partition coefficient (Wildman–Crippen LogP) is 1.70. The fourth-order valence-electron chi connectivity index (χ4n) is 3.49. The normalized spacial score (nSPS) is 23.7. The first-order valence-electron chi connectivity index (χ1n) is 8.96. The number of aryl methyl sites for hydroxylation is 1. The van der Waals surface area contributed by atoms with E-state index in [0.29, 0.717) is 31.9 Å². The van der Waals surface area contributed by atoms with Crippen LogP contribution in [0.2, 0.25) is 0 Å². The Morgan fingerprint density at radius 2 is 2.19 bits per heavy atom. The zero-order valence-corrected chi connectivity index (χ0v) is 15.4. The Hall–Kier alpha value is -2.15. The van der Waals surface area contributed by atoms with E-state index in [9.17, 15) is 9.90 Å². The molecule has 0 aliphatic carbocycles. The Morgan fingerprint density at radius 1 is 1.42 bits per heavy atom. The molecule has 0 radical (unpaired) electrons. The highest BCUT2D eigenvalue weighted by atomic mass is 16.5. The van der Waals surface area contributed by atoms with Gasteiger partial charge in [0.2, 0.25) is 0 Å². The van der Waals surface area contributed by atoms with Gasteiger partial charge in [0.15, 0.2) is 0 Å². The maximum absolute atomic E-state index is 12.4. The third-order valence-electron chi connectivity index (χ3n) is 5.03. The molecule has 2 heterocycles. The van der Waals surface area contributed by atoms with Crippen molar-refractivity contribution in [2.24, 2.45) is 0 Å². The first-order chi connectivity index (χ1) is 12.5. The summed E-state index contributed by atoms with van der Waals surface area (Å²) in [7, 11) is 0. The van der Waals surface area contributed by atoms with Gasteiger partial charge in [0.25, 0.3) is 5.91 Å². The minimum Gasteiger partial charge on any atom is -0.394 e. The summed E-state index contributed by atoms with van der Waals surface area (Å²) in [6.07, 6.45) is 1.69. The number of rotatable bonds is 6. The van der Waals surface area contributed by atoms with Crippen LogP contribution in [0.15, 0.2) is 42.6 Å². The van der Waals surface area contributed by atoms with Crippen molar-refractivity contribution in [3.05, 3.63) is 59.4 Å². The summed E-state index contributed by atoms with van der Waals surface area (Å²) in [5, 5.41) is 13.2. The number of nitrogens with one attached hydrogen (secondary N) is 2. The second-order valence-corrected chi connectivity index (χ2v) is 7.11. The second kappa shape index (κ2) is 8.03. The van der Waals surface area contributed by atoms with E-state index in [1.807, 2.05) is 31.2 Å². The molecule has 0 bridgehead atoms. The van der Waals surface area contributed by atoms with E-state index in [4.69, 9.17) is 4.74 Å². The Balaban J connectivity index is 1.75. The molecule has 0 spiro atoms. The van der Waals surface area contributed by atoms with Gasteiger partial charge >= 0.3 is 0 Å². The predicted molar refractivity (Wildman–Crippen MR) is 99.9 cm³/mol. The summed E-state index contributed by atoms with van der Waals surface area (Å²) in [6, 6.07) is 12.1. The minimum atomic E-state index is -0.644. The molecule has 0 unspecified atom stereocenters. The molecule has 1 aromatic heterocycles. The van der Waals surface area contributed by atoms with Crippen LogP contribution in [0, 0.1) is 6.92 Å². The van der Waals surface area contributed by atoms with E-state index >= 15 is 0 Å². The monoisotopic (exact) mass is 357 g/mol. The Bertz CT molecular complexity index is 731. The number of nitrogens with zero attached hydrogens (tertiary/aromatic N) is 1. The number of carbonyl (C=O) groups is 1. The smallest absolute Gasteiger partial charge is 0.252 e. The average Bonchev–Trinajstić information content (AvgIpc) is 3.09. The van der Waals surface area contributed by atoms with Crippen LogP contribution in [-0.4, -0.2) is 58.8 Å². The molecule has 3 rings (SSSR count). The van der Waals surface area contributed by atoms with Crippen molar-refractivity contribution in [1.82, 2.24) is 15.2 Å². The largest absolute Gasteiger partial charge is 0.394 e. The van der Waals surface area contributed by atoms with Crippen LogP contribution >= 0.6 is 0 Å². The molecule has 1 aromatic carbocycles. The van der Waals surface area contributed by atoms with Crippen LogP contribution in [0.4, 0.5) is 0 Å². The number of amides is 1. The number of H-pyrrole nitrogens is 1. The molecule has 0 saturated carbocycles. The molecule has 2 aromatic rings. The Labute approximate surface area is 154 Å². The number of aromatic amines is 1. The van der Waals surface area contributed by atoms with E-state index in [-0.39, 0.29) is 18.6 Å². The molecule has 1 aliphatic rings. The van der Waals surface area contributed by atoms with E-state index in [1.165, 1.54) is 5.56 Å². The van der Waals surface area contributed by atoms with Gasteiger partial charge < -0.3 is 20.1 Å². The molecule has 1 aliphatic heterocycles. The lowest BCUT2D eigenvalue weighted by molar-refractivity contribution is -0.121. The summed E-state index contributed by atoms with van der Waals surface area (Å²) in [5.74, 6) is -0.153. The quantitative estimate of drug-likeness (QED) is 0.735. The van der Waals surface area contributed by atoms with E-state index in [1.54, 1.807) is 6.20 Å². The number of ether oxygens (including phenoxy) is 1. The van der Waals surface area contributed by atoms with Crippen LogP contribution in [0.5, 0.6) is 0 Å². The van der Waals surface area contributed by atoms with Crippen LogP contribution in [-0.2, 0) is 11.3 Å². The summed E-state index contributed by atoms with van der Waals surface area (Å²) in [6.45, 7) is 5.92. The highest BCUT2D eigenvalue weighted by Gasteiger charge is 2.42. The number of aliphatic hydroxyl groups is 1. The molecule has 1 fully saturated rings. The van der Waals surface area contributed by atoms with Gasteiger partial charge in [-0.25, -0.2) is 0 Å². The summed E-state index contributed by atoms with van der Waals surface area (Å²) in [5.41, 5.74) is 2.06. The van der Waals surface area contributed by atoms with E-state index in [2.05, 4.69) is 34.3 Å². The van der Waals surface area contributed by atoms with Crippen LogP contribution in [0.1, 0.15) is 28.5 Å². The molecule has 3 N–H and O–H groups in total. The van der Waals surface area contributed by atoms with Gasteiger partial charge in [0.05, 0.1) is 30.9 Å². The van der Waals surface area contributed by atoms with Crippen molar-refractivity contribution in [3.63, 3.8) is 0 Å². The fraction of sp³-hybridized carbons (Fsp3) is 0.450. The number of hydrogen-bond acceptors (Lipinski definition) is 4. The van der Waals surface area contributed by atoms with Gasteiger partial charge in [0, 0.05) is 31.0 Å². The van der Waals surface area contributed by atoms with Crippen molar-refractivity contribution in [2.75, 3.05) is 26.4 Å². The highest BCUT2D eigenvalue weighted by molar-refractivity contribution is 5.94. The summed E-state index contributed by atoms with van der Waals surface area (Å²) in [4.78, 5) is 17.7. The van der Waals surface area contributed by atoms with Crippen molar-refractivity contribution in [1.29, 1.82) is 0 Å². The molecule has 1 amide bonds. The topological polar surface area (TPSA) is 77.6 Å². The van der Waals surface area contributed by atoms with Gasteiger partial charge in [-0.3, -0.25) is 9.69 Å². The summed E-state index contributed by atoms with van der Waals surface area (Å²) < 4.78 is 5.74. The van der Waals surface area contributed by atoms with Crippen LogP contribution in [0.3, 0.4) is 0 Å². The van der Waals surface area contributed by atoms with E-state index in [0.717, 1.165) is 5.69 Å². The van der Waals surface area contributed by atoms with Crippen LogP contribution < -0.4 is 5.32 Å². The third kappa shape index (κ3) is 3.98. The van der Waals surface area contributed by atoms with Crippen molar-refractivity contribution >= 4 is 5.91 Å². The van der Waals surface area contributed by atoms with Gasteiger partial charge in [-0.15, -0.1) is 0 Å². The molecule has 140 valence electrons. The second-order valence-electron chi connectivity index (χ2n) is 7.11. The number of aliphatic hydroxyl groups excluding tert-OH is 1. The molecule has 1 saturated heterocycles. The van der Waals surface area contributed by atoms with Gasteiger partial charge in [0.1, 0.15) is 0 Å². The highest BCUT2D eigenvalue weighted by Crippen LogP contribution is 2.26. The minimum absolute atomic E-state index is 0.0867. The number of morpholine rings is 1. The Morgan fingerprint density at radius 3 is 2.85 bits per heavy atom. The lowest BCUT2D eigenvalue weighted by Crippen LogP contribution is -2.66. The number of benzene rings is 1. The van der Waals surface area contributed by atoms with Crippen molar-refractivity contribution < 1.29 is 14.6 Å². The van der Waals surface area contributed by atoms with Gasteiger partial charge in [-0.2, -0.15) is 0 Å². The Kier molecular flexibility index (Phi) is 5.76. The lowest BCUT2D eigenvalue weighted by Gasteiger charge is -2.49.